The van der Waals surface area contributed by atoms with Crippen LogP contribution < -0.4 is 4.90 Å². The lowest BCUT2D eigenvalue weighted by Gasteiger charge is -2.40. The number of anilines is 1. The van der Waals surface area contributed by atoms with Crippen LogP contribution in [0.3, 0.4) is 0 Å². The van der Waals surface area contributed by atoms with Gasteiger partial charge >= 0.3 is 0 Å². The summed E-state index contributed by atoms with van der Waals surface area (Å²) in [4.78, 5) is 1.95. The Bertz CT molecular complexity index is 664. The third kappa shape index (κ3) is 2.20. The number of allylic oxidation sites excluding steroid dienone is 4. The molecule has 0 radical (unpaired) electrons. The second-order valence-corrected chi connectivity index (χ2v) is 5.55. The van der Waals surface area contributed by atoms with Crippen molar-refractivity contribution < 1.29 is 0 Å². The number of para-hydroxylation sites is 1. The highest BCUT2D eigenvalue weighted by Gasteiger charge is 2.41. The molecule has 0 saturated carbocycles. The number of halogens is 1. The molecule has 4 heteroatoms. The molecule has 0 aromatic heterocycles. The number of alkyl halides is 1. The molecule has 1 aromatic rings. The molecule has 1 heterocycles. The second kappa shape index (κ2) is 5.64. The molecule has 0 saturated heterocycles. The monoisotopic (exact) mass is 297 g/mol. The van der Waals surface area contributed by atoms with Crippen LogP contribution in [-0.2, 0) is 0 Å². The Balaban J connectivity index is 2.75. The van der Waals surface area contributed by atoms with Gasteiger partial charge in [0.05, 0.1) is 28.7 Å². The van der Waals surface area contributed by atoms with Crippen LogP contribution in [0.25, 0.3) is 0 Å². The Hall–Kier alpha value is -2.23. The van der Waals surface area contributed by atoms with E-state index in [1.54, 1.807) is 0 Å². The highest BCUT2D eigenvalue weighted by molar-refractivity contribution is 6.19. The van der Waals surface area contributed by atoms with Crippen LogP contribution in [0.5, 0.6) is 0 Å². The number of rotatable bonds is 2. The Kier molecular flexibility index (Phi) is 4.07. The Morgan fingerprint density at radius 1 is 1.05 bits per heavy atom. The lowest BCUT2D eigenvalue weighted by molar-refractivity contribution is 0.551. The summed E-state index contributed by atoms with van der Waals surface area (Å²) < 4.78 is 0. The van der Waals surface area contributed by atoms with E-state index in [9.17, 15) is 10.5 Å². The van der Waals surface area contributed by atoms with Crippen molar-refractivity contribution in [1.29, 1.82) is 10.5 Å². The Morgan fingerprint density at radius 2 is 1.52 bits per heavy atom. The molecule has 0 N–H and O–H groups in total. The molecule has 0 bridgehead atoms. The predicted molar refractivity (Wildman–Crippen MR) is 84.4 cm³/mol. The highest BCUT2D eigenvalue weighted by Crippen LogP contribution is 2.46. The topological polar surface area (TPSA) is 50.8 Å². The third-order valence-electron chi connectivity index (χ3n) is 4.00. The van der Waals surface area contributed by atoms with E-state index in [2.05, 4.69) is 12.1 Å². The molecule has 2 rings (SSSR count). The normalized spacial score (nSPS) is 17.5. The lowest BCUT2D eigenvalue weighted by Crippen LogP contribution is -2.36. The van der Waals surface area contributed by atoms with Crippen molar-refractivity contribution in [3.8, 4) is 12.1 Å². The molecule has 0 unspecified atom stereocenters. The first-order valence-electron chi connectivity index (χ1n) is 6.65. The van der Waals surface area contributed by atoms with Gasteiger partial charge in [-0.05, 0) is 32.9 Å². The van der Waals surface area contributed by atoms with Crippen LogP contribution in [0.2, 0.25) is 0 Å². The molecule has 0 aliphatic carbocycles. The zero-order valence-electron chi connectivity index (χ0n) is 12.3. The van der Waals surface area contributed by atoms with Gasteiger partial charge in [0, 0.05) is 23.0 Å². The zero-order valence-corrected chi connectivity index (χ0v) is 13.1. The largest absolute Gasteiger partial charge is 0.316 e. The SMILES string of the molecule is CC1=C(C#N)C(C)(CCl)C(C#N)=C(C)N1c1ccccc1. The molecule has 0 atom stereocenters. The zero-order chi connectivity index (χ0) is 15.6. The van der Waals surface area contributed by atoms with Crippen molar-refractivity contribution in [2.75, 3.05) is 10.8 Å². The van der Waals surface area contributed by atoms with Crippen LogP contribution in [-0.4, -0.2) is 5.88 Å². The summed E-state index contributed by atoms with van der Waals surface area (Å²) in [6.07, 6.45) is 0. The van der Waals surface area contributed by atoms with E-state index < -0.39 is 5.41 Å². The molecule has 0 fully saturated rings. The number of nitriles is 2. The van der Waals surface area contributed by atoms with E-state index in [0.29, 0.717) is 11.1 Å². The third-order valence-corrected chi connectivity index (χ3v) is 4.54. The smallest absolute Gasteiger partial charge is 0.0975 e. The van der Waals surface area contributed by atoms with E-state index in [1.807, 2.05) is 56.0 Å². The quantitative estimate of drug-likeness (QED) is 0.763. The molecule has 0 amide bonds. The van der Waals surface area contributed by atoms with Gasteiger partial charge in [0.1, 0.15) is 0 Å². The van der Waals surface area contributed by atoms with Crippen LogP contribution in [0.4, 0.5) is 5.69 Å². The van der Waals surface area contributed by atoms with E-state index in [4.69, 9.17) is 11.6 Å². The molecule has 3 nitrogen and oxygen atoms in total. The van der Waals surface area contributed by atoms with Crippen molar-refractivity contribution >= 4 is 17.3 Å². The fraction of sp³-hybridized carbons (Fsp3) is 0.294. The first-order valence-corrected chi connectivity index (χ1v) is 7.18. The molecular formula is C17H16ClN3. The van der Waals surface area contributed by atoms with Crippen LogP contribution in [0, 0.1) is 28.1 Å². The van der Waals surface area contributed by atoms with Crippen molar-refractivity contribution in [2.45, 2.75) is 20.8 Å². The molecule has 1 aromatic carbocycles. The number of nitrogens with zero attached hydrogens (tertiary/aromatic N) is 3. The molecule has 106 valence electrons. The van der Waals surface area contributed by atoms with Gasteiger partial charge in [-0.3, -0.25) is 0 Å². The minimum absolute atomic E-state index is 0.204. The van der Waals surface area contributed by atoms with E-state index in [1.165, 1.54) is 0 Å². The van der Waals surface area contributed by atoms with E-state index >= 15 is 0 Å². The predicted octanol–water partition coefficient (Wildman–Crippen LogP) is 4.35. The number of hydrogen-bond donors (Lipinski definition) is 0. The second-order valence-electron chi connectivity index (χ2n) is 5.28. The summed E-state index contributed by atoms with van der Waals surface area (Å²) in [5.74, 6) is 0.204. The van der Waals surface area contributed by atoms with Crippen molar-refractivity contribution in [1.82, 2.24) is 0 Å². The minimum Gasteiger partial charge on any atom is -0.316 e. The molecule has 1 aliphatic heterocycles. The van der Waals surface area contributed by atoms with Gasteiger partial charge in [0.25, 0.3) is 0 Å². The number of hydrogen-bond acceptors (Lipinski definition) is 3. The fourth-order valence-corrected chi connectivity index (χ4v) is 3.17. The Labute approximate surface area is 130 Å². The van der Waals surface area contributed by atoms with E-state index in [0.717, 1.165) is 17.1 Å². The minimum atomic E-state index is -0.732. The standard InChI is InChI=1S/C17H16ClN3/c1-12-15(9-19)17(3,11-18)16(10-20)13(2)21(12)14-7-5-4-6-8-14/h4-8H,11H2,1-3H3. The highest BCUT2D eigenvalue weighted by atomic mass is 35.5. The number of benzene rings is 1. The van der Waals surface area contributed by atoms with Gasteiger partial charge in [-0.15, -0.1) is 11.6 Å². The molecule has 1 aliphatic rings. The molecule has 21 heavy (non-hydrogen) atoms. The summed E-state index contributed by atoms with van der Waals surface area (Å²) in [7, 11) is 0. The summed E-state index contributed by atoms with van der Waals surface area (Å²) in [6.45, 7) is 5.65. The summed E-state index contributed by atoms with van der Waals surface area (Å²) >= 11 is 6.10. The first-order chi connectivity index (χ1) is 10.0. The van der Waals surface area contributed by atoms with Gasteiger partial charge in [-0.2, -0.15) is 10.5 Å². The maximum absolute atomic E-state index is 9.57. The average Bonchev–Trinajstić information content (AvgIpc) is 2.49. The summed E-state index contributed by atoms with van der Waals surface area (Å²) in [5.41, 5.74) is 2.94. The van der Waals surface area contributed by atoms with Crippen molar-refractivity contribution in [2.24, 2.45) is 5.41 Å². The first kappa shape index (κ1) is 15.2. The summed E-state index contributed by atoms with van der Waals surface area (Å²) in [5, 5.41) is 19.1. The van der Waals surface area contributed by atoms with Crippen LogP contribution in [0.15, 0.2) is 52.9 Å². The molecule has 0 spiro atoms. The van der Waals surface area contributed by atoms with Crippen LogP contribution >= 0.6 is 11.6 Å². The molecular weight excluding hydrogens is 282 g/mol. The fourth-order valence-electron chi connectivity index (χ4n) is 2.91. The lowest BCUT2D eigenvalue weighted by atomic mass is 9.73. The maximum Gasteiger partial charge on any atom is 0.0975 e. The van der Waals surface area contributed by atoms with Crippen molar-refractivity contribution in [3.05, 3.63) is 52.9 Å². The Morgan fingerprint density at radius 3 is 1.90 bits per heavy atom. The summed E-state index contributed by atoms with van der Waals surface area (Å²) in [6, 6.07) is 14.2. The van der Waals surface area contributed by atoms with Gasteiger partial charge in [-0.1, -0.05) is 18.2 Å². The van der Waals surface area contributed by atoms with Gasteiger partial charge in [-0.25, -0.2) is 0 Å². The maximum atomic E-state index is 9.57. The van der Waals surface area contributed by atoms with E-state index in [-0.39, 0.29) is 5.88 Å². The van der Waals surface area contributed by atoms with Gasteiger partial charge in [0.2, 0.25) is 0 Å². The average molecular weight is 298 g/mol. The van der Waals surface area contributed by atoms with Gasteiger partial charge < -0.3 is 4.90 Å². The van der Waals surface area contributed by atoms with Crippen LogP contribution in [0.1, 0.15) is 20.8 Å². The van der Waals surface area contributed by atoms with Gasteiger partial charge in [0.15, 0.2) is 0 Å². The van der Waals surface area contributed by atoms with Crippen molar-refractivity contribution in [3.63, 3.8) is 0 Å².